The van der Waals surface area contributed by atoms with Crippen molar-refractivity contribution >= 4 is 35.4 Å². The van der Waals surface area contributed by atoms with Gasteiger partial charge in [0.2, 0.25) is 0 Å². The Bertz CT molecular complexity index is 1010. The molecule has 1 aliphatic heterocycles. The number of amides is 1. The number of pyridine rings is 2. The van der Waals surface area contributed by atoms with Gasteiger partial charge in [-0.05, 0) is 36.2 Å². The van der Waals surface area contributed by atoms with E-state index in [1.54, 1.807) is 24.3 Å². The van der Waals surface area contributed by atoms with Crippen LogP contribution in [0.25, 0.3) is 12.2 Å². The maximum absolute atomic E-state index is 13.1. The van der Waals surface area contributed by atoms with Gasteiger partial charge in [-0.3, -0.25) is 4.79 Å². The highest BCUT2D eigenvalue weighted by atomic mass is 16.2. The van der Waals surface area contributed by atoms with Crippen LogP contribution < -0.4 is 9.80 Å². The highest BCUT2D eigenvalue weighted by molar-refractivity contribution is 6.12. The van der Waals surface area contributed by atoms with Gasteiger partial charge in [0.1, 0.15) is 5.82 Å². The molecule has 0 radical (unpaired) electrons. The van der Waals surface area contributed by atoms with E-state index in [2.05, 4.69) is 9.97 Å². The molecular weight excluding hydrogens is 336 g/mol. The van der Waals surface area contributed by atoms with Gasteiger partial charge in [-0.15, -0.1) is 0 Å². The second-order valence-electron chi connectivity index (χ2n) is 6.34. The molecule has 1 amide bonds. The van der Waals surface area contributed by atoms with Crippen LogP contribution >= 0.6 is 0 Å². The first-order chi connectivity index (χ1) is 13.2. The van der Waals surface area contributed by atoms with Gasteiger partial charge in [-0.2, -0.15) is 0 Å². The van der Waals surface area contributed by atoms with E-state index in [9.17, 15) is 4.79 Å². The molecule has 0 saturated heterocycles. The summed E-state index contributed by atoms with van der Waals surface area (Å²) in [6, 6.07) is 15.7. The second kappa shape index (κ2) is 7.03. The number of anilines is 3. The van der Waals surface area contributed by atoms with Gasteiger partial charge >= 0.3 is 0 Å². The first kappa shape index (κ1) is 17.0. The number of hydrogen-bond donors (Lipinski definition) is 0. The van der Waals surface area contributed by atoms with Gasteiger partial charge in [0.05, 0.1) is 11.3 Å². The molecular formula is C22H20N4O. The largest absolute Gasteiger partial charge is 0.309 e. The van der Waals surface area contributed by atoms with Crippen molar-refractivity contribution < 1.29 is 4.79 Å². The average Bonchev–Trinajstić information content (AvgIpc) is 2.81. The predicted octanol–water partition coefficient (Wildman–Crippen LogP) is 4.40. The third-order valence-corrected chi connectivity index (χ3v) is 4.65. The number of rotatable bonds is 3. The molecule has 5 nitrogen and oxygen atoms in total. The van der Waals surface area contributed by atoms with E-state index in [0.717, 1.165) is 22.6 Å². The average molecular weight is 356 g/mol. The van der Waals surface area contributed by atoms with Crippen LogP contribution in [0.4, 0.5) is 17.3 Å². The third-order valence-electron chi connectivity index (χ3n) is 4.65. The Morgan fingerprint density at radius 2 is 1.74 bits per heavy atom. The molecule has 0 aliphatic carbocycles. The minimum absolute atomic E-state index is 0.0855. The standard InChI is InChI=1S/C22H20N4O/c1-3-26-20-18(22(27)25(2)19-10-7-13-23-21(19)26)14-17(15-24-20)12-11-16-8-5-4-6-9-16/h4-15H,3H2,1-2H3/b12-11+. The number of carbonyl (C=O) groups excluding carboxylic acids is 1. The molecule has 0 saturated carbocycles. The molecule has 3 heterocycles. The van der Waals surface area contributed by atoms with Gasteiger partial charge < -0.3 is 9.80 Å². The number of benzene rings is 1. The van der Waals surface area contributed by atoms with Crippen LogP contribution in [0.3, 0.4) is 0 Å². The van der Waals surface area contributed by atoms with Crippen LogP contribution in [0, 0.1) is 0 Å². The lowest BCUT2D eigenvalue weighted by atomic mass is 10.1. The fraction of sp³-hybridized carbons (Fsp3) is 0.136. The van der Waals surface area contributed by atoms with Crippen molar-refractivity contribution in [2.75, 3.05) is 23.4 Å². The predicted molar refractivity (Wildman–Crippen MR) is 109 cm³/mol. The van der Waals surface area contributed by atoms with Crippen LogP contribution in [0.1, 0.15) is 28.4 Å². The Kier molecular flexibility index (Phi) is 4.42. The minimum Gasteiger partial charge on any atom is -0.309 e. The summed E-state index contributed by atoms with van der Waals surface area (Å²) in [6.45, 7) is 2.70. The van der Waals surface area contributed by atoms with E-state index >= 15 is 0 Å². The zero-order valence-electron chi connectivity index (χ0n) is 15.3. The lowest BCUT2D eigenvalue weighted by Gasteiger charge is -2.22. The Hall–Kier alpha value is -3.47. The van der Waals surface area contributed by atoms with E-state index in [1.807, 2.05) is 72.5 Å². The molecule has 0 atom stereocenters. The summed E-state index contributed by atoms with van der Waals surface area (Å²) in [4.78, 5) is 25.8. The minimum atomic E-state index is -0.0855. The molecule has 0 bridgehead atoms. The first-order valence-corrected chi connectivity index (χ1v) is 8.93. The molecule has 1 aliphatic rings. The van der Waals surface area contributed by atoms with Crippen molar-refractivity contribution in [2.24, 2.45) is 0 Å². The van der Waals surface area contributed by atoms with E-state index < -0.39 is 0 Å². The molecule has 5 heteroatoms. The van der Waals surface area contributed by atoms with Crippen molar-refractivity contribution in [3.63, 3.8) is 0 Å². The third kappa shape index (κ3) is 3.08. The second-order valence-corrected chi connectivity index (χ2v) is 6.34. The van der Waals surface area contributed by atoms with Crippen LogP contribution in [0.15, 0.2) is 60.9 Å². The molecule has 0 fully saturated rings. The van der Waals surface area contributed by atoms with E-state index in [0.29, 0.717) is 17.9 Å². The van der Waals surface area contributed by atoms with Gasteiger partial charge in [0.15, 0.2) is 5.82 Å². The van der Waals surface area contributed by atoms with E-state index in [4.69, 9.17) is 0 Å². The van der Waals surface area contributed by atoms with Crippen LogP contribution in [0.5, 0.6) is 0 Å². The van der Waals surface area contributed by atoms with Crippen molar-refractivity contribution in [2.45, 2.75) is 6.92 Å². The topological polar surface area (TPSA) is 49.3 Å². The summed E-state index contributed by atoms with van der Waals surface area (Å²) >= 11 is 0. The van der Waals surface area contributed by atoms with Gasteiger partial charge in [-0.1, -0.05) is 42.5 Å². The zero-order chi connectivity index (χ0) is 18.8. The Morgan fingerprint density at radius 3 is 2.52 bits per heavy atom. The maximum atomic E-state index is 13.1. The monoisotopic (exact) mass is 356 g/mol. The Balaban J connectivity index is 1.79. The van der Waals surface area contributed by atoms with Crippen molar-refractivity contribution in [1.82, 2.24) is 9.97 Å². The Labute approximate surface area is 158 Å². The summed E-state index contributed by atoms with van der Waals surface area (Å²) in [6.07, 6.45) is 7.52. The van der Waals surface area contributed by atoms with Crippen LogP contribution in [0.2, 0.25) is 0 Å². The SMILES string of the molecule is CCN1c2ncc(/C=C/c3ccccc3)cc2C(=O)N(C)c2cccnc21. The molecule has 1 aromatic carbocycles. The molecule has 2 aromatic heterocycles. The fourth-order valence-electron chi connectivity index (χ4n) is 3.24. The highest BCUT2D eigenvalue weighted by Gasteiger charge is 2.30. The number of hydrogen-bond acceptors (Lipinski definition) is 4. The number of aromatic nitrogens is 2. The number of carbonyl (C=O) groups is 1. The van der Waals surface area contributed by atoms with Crippen LogP contribution in [-0.2, 0) is 0 Å². The molecule has 0 unspecified atom stereocenters. The Morgan fingerprint density at radius 1 is 0.963 bits per heavy atom. The lowest BCUT2D eigenvalue weighted by molar-refractivity contribution is 0.0994. The summed E-state index contributed by atoms with van der Waals surface area (Å²) in [5.74, 6) is 1.30. The van der Waals surface area contributed by atoms with Crippen molar-refractivity contribution in [3.05, 3.63) is 77.6 Å². The van der Waals surface area contributed by atoms with Crippen molar-refractivity contribution in [3.8, 4) is 0 Å². The van der Waals surface area contributed by atoms with Gasteiger partial charge in [0, 0.05) is 26.0 Å². The first-order valence-electron chi connectivity index (χ1n) is 8.93. The molecule has 27 heavy (non-hydrogen) atoms. The molecule has 4 rings (SSSR count). The summed E-state index contributed by atoms with van der Waals surface area (Å²) in [7, 11) is 1.78. The van der Waals surface area contributed by atoms with Crippen molar-refractivity contribution in [1.29, 1.82) is 0 Å². The smallest absolute Gasteiger partial charge is 0.261 e. The van der Waals surface area contributed by atoms with E-state index in [1.165, 1.54) is 0 Å². The lowest BCUT2D eigenvalue weighted by Crippen LogP contribution is -2.25. The number of fused-ring (bicyclic) bond motifs is 2. The molecule has 3 aromatic rings. The van der Waals surface area contributed by atoms with Gasteiger partial charge in [0.25, 0.3) is 5.91 Å². The highest BCUT2D eigenvalue weighted by Crippen LogP contribution is 2.37. The van der Waals surface area contributed by atoms with E-state index in [-0.39, 0.29) is 5.91 Å². The molecule has 0 spiro atoms. The van der Waals surface area contributed by atoms with Gasteiger partial charge in [-0.25, -0.2) is 9.97 Å². The molecule has 0 N–H and O–H groups in total. The molecule has 134 valence electrons. The summed E-state index contributed by atoms with van der Waals surface area (Å²) in [5.41, 5.74) is 3.34. The quantitative estimate of drug-likeness (QED) is 0.698. The fourth-order valence-corrected chi connectivity index (χ4v) is 3.24. The summed E-state index contributed by atoms with van der Waals surface area (Å²) in [5, 5.41) is 0. The number of nitrogens with zero attached hydrogens (tertiary/aromatic N) is 4. The maximum Gasteiger partial charge on any atom is 0.261 e. The summed E-state index contributed by atoms with van der Waals surface area (Å²) < 4.78 is 0. The normalized spacial score (nSPS) is 13.5. The van der Waals surface area contributed by atoms with Crippen LogP contribution in [-0.4, -0.2) is 29.5 Å². The zero-order valence-corrected chi connectivity index (χ0v) is 15.3.